The number of para-hydroxylation sites is 1. The lowest BCUT2D eigenvalue weighted by Crippen LogP contribution is -2.41. The Morgan fingerprint density at radius 2 is 1.83 bits per heavy atom. The third kappa shape index (κ3) is 5.58. The van der Waals surface area contributed by atoms with E-state index in [2.05, 4.69) is 5.32 Å². The molecule has 0 fully saturated rings. The number of carbonyl (C=O) groups excluding carboxylic acids is 1. The average Bonchev–Trinajstić information content (AvgIpc) is 2.56. The maximum Gasteiger partial charge on any atom is 0.241 e. The van der Waals surface area contributed by atoms with Crippen LogP contribution in [0.15, 0.2) is 54.6 Å². The van der Waals surface area contributed by atoms with Crippen LogP contribution in [-0.2, 0) is 4.79 Å². The number of carbonyl (C=O) groups is 1. The molecule has 0 saturated heterocycles. The fraction of sp³-hybridized carbons (Fsp3) is 0.278. The summed E-state index contributed by atoms with van der Waals surface area (Å²) in [5, 5.41) is 3.58. The van der Waals surface area contributed by atoms with Crippen LogP contribution >= 0.6 is 11.6 Å². The summed E-state index contributed by atoms with van der Waals surface area (Å²) in [7, 11) is 1.90. The van der Waals surface area contributed by atoms with Crippen LogP contribution in [0, 0.1) is 0 Å². The van der Waals surface area contributed by atoms with Gasteiger partial charge in [-0.1, -0.05) is 29.8 Å². The van der Waals surface area contributed by atoms with E-state index in [1.807, 2.05) is 61.3 Å². The van der Waals surface area contributed by atoms with Gasteiger partial charge in [0.1, 0.15) is 12.4 Å². The van der Waals surface area contributed by atoms with Crippen molar-refractivity contribution in [2.24, 2.45) is 0 Å². The standard InChI is InChI=1S/C18H21ClN2O2/c1-14(18(22)20-16-6-4-3-5-7-16)21(2)12-13-23-17-10-8-15(19)9-11-17/h3-11,14H,12-13H2,1-2H3,(H,20,22)/t14-/m1/s1. The van der Waals surface area contributed by atoms with Gasteiger partial charge in [-0.2, -0.15) is 0 Å². The molecule has 1 atom stereocenters. The molecule has 0 radical (unpaired) electrons. The van der Waals surface area contributed by atoms with Crippen molar-refractivity contribution >= 4 is 23.2 Å². The molecule has 0 aliphatic heterocycles. The molecule has 4 nitrogen and oxygen atoms in total. The molecule has 0 aliphatic rings. The minimum atomic E-state index is -0.246. The number of anilines is 1. The van der Waals surface area contributed by atoms with E-state index in [0.717, 1.165) is 11.4 Å². The maximum atomic E-state index is 12.2. The molecule has 1 amide bonds. The number of hydrogen-bond donors (Lipinski definition) is 1. The Kier molecular flexibility index (Phi) is 6.44. The first-order valence-electron chi connectivity index (χ1n) is 7.51. The molecule has 23 heavy (non-hydrogen) atoms. The molecule has 0 bridgehead atoms. The van der Waals surface area contributed by atoms with Gasteiger partial charge in [-0.05, 0) is 50.4 Å². The quantitative estimate of drug-likeness (QED) is 0.841. The summed E-state index contributed by atoms with van der Waals surface area (Å²) >= 11 is 5.83. The number of nitrogens with zero attached hydrogens (tertiary/aromatic N) is 1. The first-order chi connectivity index (χ1) is 11.1. The molecule has 0 saturated carbocycles. The van der Waals surface area contributed by atoms with Gasteiger partial charge in [-0.3, -0.25) is 9.69 Å². The number of likely N-dealkylation sites (N-methyl/N-ethyl adjacent to an activating group) is 1. The number of benzene rings is 2. The topological polar surface area (TPSA) is 41.6 Å². The van der Waals surface area contributed by atoms with E-state index in [-0.39, 0.29) is 11.9 Å². The monoisotopic (exact) mass is 332 g/mol. The van der Waals surface area contributed by atoms with Crippen molar-refractivity contribution in [3.8, 4) is 5.75 Å². The van der Waals surface area contributed by atoms with Crippen LogP contribution < -0.4 is 10.1 Å². The minimum Gasteiger partial charge on any atom is -0.492 e. The molecule has 5 heteroatoms. The normalized spacial score (nSPS) is 12.0. The van der Waals surface area contributed by atoms with E-state index < -0.39 is 0 Å². The van der Waals surface area contributed by atoms with Crippen LogP contribution in [0.3, 0.4) is 0 Å². The summed E-state index contributed by atoms with van der Waals surface area (Å²) in [6, 6.07) is 16.4. The number of nitrogens with one attached hydrogen (secondary N) is 1. The summed E-state index contributed by atoms with van der Waals surface area (Å²) in [6.45, 7) is 3.02. The molecule has 2 aromatic rings. The number of ether oxygens (including phenoxy) is 1. The van der Waals surface area contributed by atoms with Gasteiger partial charge in [0.05, 0.1) is 6.04 Å². The fourth-order valence-electron chi connectivity index (χ4n) is 2.00. The summed E-state index contributed by atoms with van der Waals surface area (Å²) in [6.07, 6.45) is 0. The van der Waals surface area contributed by atoms with Crippen molar-refractivity contribution in [1.82, 2.24) is 4.90 Å². The summed E-state index contributed by atoms with van der Waals surface area (Å²) in [4.78, 5) is 14.2. The first-order valence-corrected chi connectivity index (χ1v) is 7.88. The zero-order chi connectivity index (χ0) is 16.7. The Morgan fingerprint density at radius 3 is 2.48 bits per heavy atom. The lowest BCUT2D eigenvalue weighted by molar-refractivity contribution is -0.120. The molecule has 0 unspecified atom stereocenters. The van der Waals surface area contributed by atoms with E-state index in [4.69, 9.17) is 16.3 Å². The largest absolute Gasteiger partial charge is 0.492 e. The highest BCUT2D eigenvalue weighted by atomic mass is 35.5. The van der Waals surface area contributed by atoms with Crippen LogP contribution in [-0.4, -0.2) is 37.0 Å². The van der Waals surface area contributed by atoms with Gasteiger partial charge in [-0.15, -0.1) is 0 Å². The summed E-state index contributed by atoms with van der Waals surface area (Å²) in [5.74, 6) is 0.731. The number of rotatable bonds is 7. The van der Waals surface area contributed by atoms with Gasteiger partial charge in [0.2, 0.25) is 5.91 Å². The molecule has 2 rings (SSSR count). The predicted molar refractivity (Wildman–Crippen MR) is 94.1 cm³/mol. The van der Waals surface area contributed by atoms with Crippen LogP contribution in [0.25, 0.3) is 0 Å². The highest BCUT2D eigenvalue weighted by Gasteiger charge is 2.17. The van der Waals surface area contributed by atoms with Gasteiger partial charge in [0, 0.05) is 17.3 Å². The Morgan fingerprint density at radius 1 is 1.17 bits per heavy atom. The molecule has 1 N–H and O–H groups in total. The lowest BCUT2D eigenvalue weighted by atomic mass is 10.2. The smallest absolute Gasteiger partial charge is 0.241 e. The van der Waals surface area contributed by atoms with Crippen molar-refractivity contribution in [3.63, 3.8) is 0 Å². The molecule has 0 spiro atoms. The Balaban J connectivity index is 1.76. The molecule has 2 aromatic carbocycles. The molecular weight excluding hydrogens is 312 g/mol. The Labute approximate surface area is 142 Å². The van der Waals surface area contributed by atoms with E-state index in [9.17, 15) is 4.79 Å². The van der Waals surface area contributed by atoms with Crippen LogP contribution in [0.2, 0.25) is 5.02 Å². The minimum absolute atomic E-state index is 0.0369. The van der Waals surface area contributed by atoms with E-state index in [1.54, 1.807) is 12.1 Å². The number of amides is 1. The van der Waals surface area contributed by atoms with Crippen molar-refractivity contribution in [1.29, 1.82) is 0 Å². The molecule has 0 heterocycles. The van der Waals surface area contributed by atoms with Crippen LogP contribution in [0.4, 0.5) is 5.69 Å². The average molecular weight is 333 g/mol. The first kappa shape index (κ1) is 17.3. The van der Waals surface area contributed by atoms with Crippen LogP contribution in [0.1, 0.15) is 6.92 Å². The van der Waals surface area contributed by atoms with Gasteiger partial charge >= 0.3 is 0 Å². The maximum absolute atomic E-state index is 12.2. The SMILES string of the molecule is C[C@H](C(=O)Nc1ccccc1)N(C)CCOc1ccc(Cl)cc1. The van der Waals surface area contributed by atoms with E-state index >= 15 is 0 Å². The van der Waals surface area contributed by atoms with Gasteiger partial charge in [-0.25, -0.2) is 0 Å². The van der Waals surface area contributed by atoms with Crippen molar-refractivity contribution in [2.75, 3.05) is 25.5 Å². The van der Waals surface area contributed by atoms with Crippen LogP contribution in [0.5, 0.6) is 5.75 Å². The second-order valence-electron chi connectivity index (χ2n) is 5.31. The van der Waals surface area contributed by atoms with Crippen molar-refractivity contribution in [2.45, 2.75) is 13.0 Å². The lowest BCUT2D eigenvalue weighted by Gasteiger charge is -2.23. The third-order valence-corrected chi connectivity index (χ3v) is 3.86. The molecule has 0 aliphatic carbocycles. The fourth-order valence-corrected chi connectivity index (χ4v) is 2.13. The number of halogens is 1. The van der Waals surface area contributed by atoms with Crippen molar-refractivity contribution < 1.29 is 9.53 Å². The van der Waals surface area contributed by atoms with E-state index in [1.165, 1.54) is 0 Å². The van der Waals surface area contributed by atoms with Gasteiger partial charge in [0.15, 0.2) is 0 Å². The van der Waals surface area contributed by atoms with Crippen molar-refractivity contribution in [3.05, 3.63) is 59.6 Å². The van der Waals surface area contributed by atoms with Gasteiger partial charge < -0.3 is 10.1 Å². The van der Waals surface area contributed by atoms with E-state index in [0.29, 0.717) is 18.2 Å². The zero-order valence-corrected chi connectivity index (χ0v) is 14.1. The second-order valence-corrected chi connectivity index (χ2v) is 5.75. The summed E-state index contributed by atoms with van der Waals surface area (Å²) < 4.78 is 5.65. The molecular formula is C18H21ClN2O2. The zero-order valence-electron chi connectivity index (χ0n) is 13.3. The summed E-state index contributed by atoms with van der Waals surface area (Å²) in [5.41, 5.74) is 0.801. The third-order valence-electron chi connectivity index (χ3n) is 3.61. The predicted octanol–water partition coefficient (Wildman–Crippen LogP) is 3.68. The highest BCUT2D eigenvalue weighted by molar-refractivity contribution is 6.30. The second kappa shape index (κ2) is 8.56. The molecule has 0 aromatic heterocycles. The van der Waals surface area contributed by atoms with Gasteiger partial charge in [0.25, 0.3) is 0 Å². The Bertz CT molecular complexity index is 617. The Hall–Kier alpha value is -2.04. The highest BCUT2D eigenvalue weighted by Crippen LogP contribution is 2.15. The molecule has 122 valence electrons. The number of hydrogen-bond acceptors (Lipinski definition) is 3.